The molecule has 0 unspecified atom stereocenters. The monoisotopic (exact) mass is 682 g/mol. The van der Waals surface area contributed by atoms with Gasteiger partial charge >= 0.3 is 16.5 Å². The van der Waals surface area contributed by atoms with Crippen molar-refractivity contribution in [2.75, 3.05) is 0 Å². The van der Waals surface area contributed by atoms with Crippen molar-refractivity contribution in [1.82, 2.24) is 0 Å². The van der Waals surface area contributed by atoms with Crippen LogP contribution in [-0.2, 0) is 22.9 Å². The van der Waals surface area contributed by atoms with Crippen molar-refractivity contribution in [2.45, 2.75) is 143 Å². The molecular formula is C42H60N2NiO2. The summed E-state index contributed by atoms with van der Waals surface area (Å²) in [5.74, 6) is -0.713. The van der Waals surface area contributed by atoms with Gasteiger partial charge in [-0.1, -0.05) is 164 Å². The largest absolute Gasteiger partial charge is 2.00 e. The molecule has 0 heterocycles. The summed E-state index contributed by atoms with van der Waals surface area (Å²) in [5.41, 5.74) is 5.07. The second-order valence-corrected chi connectivity index (χ2v) is 12.4. The number of hydrogen-bond donors (Lipinski definition) is 0. The van der Waals surface area contributed by atoms with Crippen LogP contribution < -0.4 is 10.2 Å². The number of para-hydroxylation sites is 3. The van der Waals surface area contributed by atoms with Crippen LogP contribution in [0.4, 0.5) is 11.4 Å². The number of unbranched alkanes of at least 4 members (excludes halogenated alkanes) is 13. The van der Waals surface area contributed by atoms with E-state index < -0.39 is 0 Å². The Hall–Kier alpha value is -2.91. The molecule has 0 saturated heterocycles. The third-order valence-electron chi connectivity index (χ3n) is 8.27. The molecular weight excluding hydrogens is 623 g/mol. The van der Waals surface area contributed by atoms with Crippen molar-refractivity contribution >= 4 is 22.8 Å². The van der Waals surface area contributed by atoms with Crippen molar-refractivity contribution < 1.29 is 26.7 Å². The molecule has 3 aromatic carbocycles. The summed E-state index contributed by atoms with van der Waals surface area (Å²) in [5, 5.41) is 22.1. The molecule has 0 N–H and O–H groups in total. The van der Waals surface area contributed by atoms with Crippen molar-refractivity contribution in [3.8, 4) is 11.5 Å². The maximum absolute atomic E-state index is 11.2. The third kappa shape index (κ3) is 19.5. The maximum atomic E-state index is 11.2. The standard InChI is InChI=1S/C32H48N2.C10H14O2.Ni/c1-3-5-7-8-9-10-11-12-13-14-15-22-28-32(34-30-25-20-17-21-26-30)31(27-6-4-2)33-29-23-18-16-19-24-29;1-2-3-5-8-6-4-7-9(11)10(8)12;/h16-21,23-26H,3-15,22,27-28H2,1-2H3;4,6-7,11-12H,2-3,5H2,1H3;/q;;+2/p-2. The maximum Gasteiger partial charge on any atom is 2.00 e. The van der Waals surface area contributed by atoms with Gasteiger partial charge in [0, 0.05) is 0 Å². The first-order valence-electron chi connectivity index (χ1n) is 18.3. The van der Waals surface area contributed by atoms with Gasteiger partial charge in [-0.3, -0.25) is 9.98 Å². The van der Waals surface area contributed by atoms with Crippen LogP contribution >= 0.6 is 0 Å². The minimum absolute atomic E-state index is 0. The second kappa shape index (κ2) is 28.1. The first-order chi connectivity index (χ1) is 22.6. The Bertz CT molecular complexity index is 1230. The summed E-state index contributed by atoms with van der Waals surface area (Å²) in [6.07, 6.45) is 23.6. The van der Waals surface area contributed by atoms with Crippen LogP contribution in [0.3, 0.4) is 0 Å². The molecule has 0 fully saturated rings. The summed E-state index contributed by atoms with van der Waals surface area (Å²) in [6, 6.07) is 25.5. The van der Waals surface area contributed by atoms with Crippen molar-refractivity contribution in [3.63, 3.8) is 0 Å². The number of aliphatic imine (C=N–C) groups is 2. The summed E-state index contributed by atoms with van der Waals surface area (Å²) in [6.45, 7) is 6.60. The van der Waals surface area contributed by atoms with Gasteiger partial charge in [-0.2, -0.15) is 0 Å². The number of aryl methyl sites for hydroxylation is 1. The molecule has 0 saturated carbocycles. The molecule has 0 spiro atoms. The van der Waals surface area contributed by atoms with E-state index in [-0.39, 0.29) is 28.0 Å². The normalized spacial score (nSPS) is 11.5. The van der Waals surface area contributed by atoms with Crippen molar-refractivity contribution in [1.29, 1.82) is 0 Å². The predicted molar refractivity (Wildman–Crippen MR) is 196 cm³/mol. The molecule has 3 rings (SSSR count). The Labute approximate surface area is 297 Å². The van der Waals surface area contributed by atoms with E-state index in [1.54, 1.807) is 12.1 Å². The Morgan fingerprint density at radius 2 is 0.894 bits per heavy atom. The van der Waals surface area contributed by atoms with Crippen LogP contribution in [0.1, 0.15) is 142 Å². The Morgan fingerprint density at radius 1 is 0.468 bits per heavy atom. The molecule has 4 nitrogen and oxygen atoms in total. The number of rotatable bonds is 22. The fraction of sp³-hybridized carbons (Fsp3) is 0.524. The van der Waals surface area contributed by atoms with E-state index in [4.69, 9.17) is 9.98 Å². The average molecular weight is 684 g/mol. The van der Waals surface area contributed by atoms with Gasteiger partial charge in [0.2, 0.25) is 0 Å². The molecule has 0 aliphatic carbocycles. The van der Waals surface area contributed by atoms with Crippen LogP contribution in [0, 0.1) is 0 Å². The molecule has 260 valence electrons. The first-order valence-corrected chi connectivity index (χ1v) is 18.3. The quantitative estimate of drug-likeness (QED) is 0.0601. The van der Waals surface area contributed by atoms with Crippen LogP contribution in [-0.4, -0.2) is 11.4 Å². The molecule has 0 radical (unpaired) electrons. The van der Waals surface area contributed by atoms with E-state index in [0.29, 0.717) is 5.56 Å². The van der Waals surface area contributed by atoms with Gasteiger partial charge in [-0.15, -0.1) is 11.5 Å². The van der Waals surface area contributed by atoms with E-state index >= 15 is 0 Å². The SMILES string of the molecule is CCCCCCCCCCCCCCC(=Nc1ccccc1)C(CCCC)=Nc1ccccc1.CCCCc1cccc([O-])c1[O-].[Ni+2]. The minimum atomic E-state index is -0.386. The fourth-order valence-electron chi connectivity index (χ4n) is 5.45. The van der Waals surface area contributed by atoms with Crippen LogP contribution in [0.25, 0.3) is 0 Å². The average Bonchev–Trinajstić information content (AvgIpc) is 3.08. The zero-order chi connectivity index (χ0) is 33.1. The number of hydrogen-bond acceptors (Lipinski definition) is 4. The van der Waals surface area contributed by atoms with Gasteiger partial charge in [0.15, 0.2) is 0 Å². The van der Waals surface area contributed by atoms with Gasteiger partial charge in [-0.25, -0.2) is 0 Å². The molecule has 0 amide bonds. The molecule has 0 atom stereocenters. The summed E-state index contributed by atoms with van der Waals surface area (Å²) < 4.78 is 0. The zero-order valence-corrected chi connectivity index (χ0v) is 30.5. The molecule has 0 aliphatic rings. The zero-order valence-electron chi connectivity index (χ0n) is 29.5. The molecule has 0 aliphatic heterocycles. The molecule has 47 heavy (non-hydrogen) atoms. The van der Waals surface area contributed by atoms with Crippen molar-refractivity contribution in [3.05, 3.63) is 84.4 Å². The molecule has 0 bridgehead atoms. The van der Waals surface area contributed by atoms with Gasteiger partial charge in [-0.05, 0) is 62.8 Å². The van der Waals surface area contributed by atoms with Gasteiger partial charge in [0.25, 0.3) is 0 Å². The second-order valence-electron chi connectivity index (χ2n) is 12.4. The Balaban J connectivity index is 0.000000713. The molecule has 5 heteroatoms. The topological polar surface area (TPSA) is 70.8 Å². The molecule has 3 aromatic rings. The van der Waals surface area contributed by atoms with E-state index in [0.717, 1.165) is 49.9 Å². The van der Waals surface area contributed by atoms with E-state index in [2.05, 4.69) is 81.4 Å². The van der Waals surface area contributed by atoms with E-state index in [1.165, 1.54) is 101 Å². The predicted octanol–water partition coefficient (Wildman–Crippen LogP) is 12.0. The van der Waals surface area contributed by atoms with Crippen molar-refractivity contribution in [2.24, 2.45) is 9.98 Å². The summed E-state index contributed by atoms with van der Waals surface area (Å²) in [7, 11) is 0. The van der Waals surface area contributed by atoms with Gasteiger partial charge < -0.3 is 10.2 Å². The third-order valence-corrected chi connectivity index (χ3v) is 8.27. The van der Waals surface area contributed by atoms with Gasteiger partial charge in [0.05, 0.1) is 22.8 Å². The summed E-state index contributed by atoms with van der Waals surface area (Å²) >= 11 is 0. The van der Waals surface area contributed by atoms with Crippen LogP contribution in [0.5, 0.6) is 11.5 Å². The van der Waals surface area contributed by atoms with E-state index in [9.17, 15) is 10.2 Å². The molecule has 0 aromatic heterocycles. The Kier molecular flexibility index (Phi) is 25.2. The Morgan fingerprint density at radius 3 is 1.36 bits per heavy atom. The number of benzene rings is 3. The van der Waals surface area contributed by atoms with Gasteiger partial charge in [0.1, 0.15) is 0 Å². The first kappa shape index (κ1) is 42.1. The minimum Gasteiger partial charge on any atom is -0.873 e. The van der Waals surface area contributed by atoms with Crippen LogP contribution in [0.2, 0.25) is 0 Å². The fourth-order valence-corrected chi connectivity index (χ4v) is 5.45. The number of nitrogens with zero attached hydrogens (tertiary/aromatic N) is 2. The van der Waals surface area contributed by atoms with Crippen LogP contribution in [0.15, 0.2) is 88.8 Å². The van der Waals surface area contributed by atoms with E-state index in [1.807, 2.05) is 0 Å². The smallest absolute Gasteiger partial charge is 0.873 e. The summed E-state index contributed by atoms with van der Waals surface area (Å²) in [4.78, 5) is 10.1.